The van der Waals surface area contributed by atoms with Gasteiger partial charge in [-0.1, -0.05) is 48.5 Å². The highest BCUT2D eigenvalue weighted by atomic mass is 16.1. The van der Waals surface area contributed by atoms with Crippen molar-refractivity contribution in [2.75, 3.05) is 5.32 Å². The van der Waals surface area contributed by atoms with E-state index in [0.717, 1.165) is 47.0 Å². The third-order valence-corrected chi connectivity index (χ3v) is 5.25. The largest absolute Gasteiger partial charge is 0.334 e. The summed E-state index contributed by atoms with van der Waals surface area (Å²) in [4.78, 5) is 17.6. The predicted octanol–water partition coefficient (Wildman–Crippen LogP) is 4.53. The van der Waals surface area contributed by atoms with Crippen molar-refractivity contribution >= 4 is 11.6 Å². The molecular formula is C23H21N5O. The van der Waals surface area contributed by atoms with Gasteiger partial charge >= 0.3 is 0 Å². The van der Waals surface area contributed by atoms with Crippen LogP contribution in [0.25, 0.3) is 22.5 Å². The maximum atomic E-state index is 12.8. The van der Waals surface area contributed by atoms with Gasteiger partial charge in [-0.3, -0.25) is 9.89 Å². The van der Waals surface area contributed by atoms with Crippen molar-refractivity contribution in [2.45, 2.75) is 25.8 Å². The van der Waals surface area contributed by atoms with Crippen molar-refractivity contribution in [1.82, 2.24) is 19.7 Å². The molecule has 2 N–H and O–H groups in total. The molecule has 1 aliphatic heterocycles. The molecule has 29 heavy (non-hydrogen) atoms. The van der Waals surface area contributed by atoms with E-state index in [1.807, 2.05) is 54.6 Å². The van der Waals surface area contributed by atoms with E-state index in [4.69, 9.17) is 4.98 Å². The number of rotatable bonds is 4. The summed E-state index contributed by atoms with van der Waals surface area (Å²) in [6.45, 7) is 1.01. The van der Waals surface area contributed by atoms with Crippen LogP contribution in [0.4, 0.5) is 5.69 Å². The molecule has 144 valence electrons. The minimum Gasteiger partial charge on any atom is -0.334 e. The number of hydrogen-bond acceptors (Lipinski definition) is 3. The summed E-state index contributed by atoms with van der Waals surface area (Å²) in [5, 5.41) is 10.1. The van der Waals surface area contributed by atoms with Crippen molar-refractivity contribution in [3.63, 3.8) is 0 Å². The van der Waals surface area contributed by atoms with E-state index in [-0.39, 0.29) is 5.91 Å². The summed E-state index contributed by atoms with van der Waals surface area (Å²) in [5.41, 5.74) is 4.68. The maximum Gasteiger partial charge on any atom is 0.273 e. The number of hydrogen-bond donors (Lipinski definition) is 2. The summed E-state index contributed by atoms with van der Waals surface area (Å²) in [6, 6.07) is 19.3. The maximum absolute atomic E-state index is 12.8. The topological polar surface area (TPSA) is 75.6 Å². The second-order valence-corrected chi connectivity index (χ2v) is 7.23. The number of carbonyl (C=O) groups excluding carboxylic acids is 1. The standard InChI is InChI=1S/C23H21N5O/c29-23(20-14-19(26-27-20)16-8-2-1-3-9-16)25-18-11-5-4-10-17(18)21-15-28-13-7-6-12-22(28)24-21/h1-5,8-11,14-15H,6-7,12-13H2,(H,25,29)(H,26,27). The average molecular weight is 383 g/mol. The monoisotopic (exact) mass is 383 g/mol. The first-order valence-corrected chi connectivity index (χ1v) is 9.85. The van der Waals surface area contributed by atoms with Gasteiger partial charge < -0.3 is 9.88 Å². The molecule has 5 rings (SSSR count). The van der Waals surface area contributed by atoms with Crippen LogP contribution in [-0.4, -0.2) is 25.7 Å². The summed E-state index contributed by atoms with van der Waals surface area (Å²) in [5.74, 6) is 0.893. The fourth-order valence-corrected chi connectivity index (χ4v) is 3.74. The van der Waals surface area contributed by atoms with Crippen LogP contribution in [0.1, 0.15) is 29.2 Å². The smallest absolute Gasteiger partial charge is 0.273 e. The summed E-state index contributed by atoms with van der Waals surface area (Å²) >= 11 is 0. The molecule has 0 fully saturated rings. The molecule has 2 aromatic carbocycles. The van der Waals surface area contributed by atoms with Gasteiger partial charge in [0.15, 0.2) is 0 Å². The number of fused-ring (bicyclic) bond motifs is 1. The van der Waals surface area contributed by atoms with Crippen LogP contribution in [0.3, 0.4) is 0 Å². The number of amides is 1. The van der Waals surface area contributed by atoms with Crippen molar-refractivity contribution in [2.24, 2.45) is 0 Å². The normalized spacial score (nSPS) is 13.1. The molecule has 0 bridgehead atoms. The second kappa shape index (κ2) is 7.39. The minimum absolute atomic E-state index is 0.226. The Morgan fingerprint density at radius 3 is 2.69 bits per heavy atom. The third-order valence-electron chi connectivity index (χ3n) is 5.25. The van der Waals surface area contributed by atoms with Gasteiger partial charge in [0.1, 0.15) is 11.5 Å². The van der Waals surface area contributed by atoms with Crippen molar-refractivity contribution in [3.05, 3.63) is 78.4 Å². The van der Waals surface area contributed by atoms with E-state index in [1.165, 1.54) is 12.8 Å². The van der Waals surface area contributed by atoms with Crippen LogP contribution in [0.5, 0.6) is 0 Å². The van der Waals surface area contributed by atoms with Crippen LogP contribution in [0.2, 0.25) is 0 Å². The van der Waals surface area contributed by atoms with Gasteiger partial charge in [0.25, 0.3) is 5.91 Å². The molecule has 0 saturated heterocycles. The number of benzene rings is 2. The van der Waals surface area contributed by atoms with E-state index < -0.39 is 0 Å². The average Bonchev–Trinajstić information content (AvgIpc) is 3.42. The third kappa shape index (κ3) is 3.45. The van der Waals surface area contributed by atoms with Crippen molar-refractivity contribution in [3.8, 4) is 22.5 Å². The summed E-state index contributed by atoms with van der Waals surface area (Å²) in [7, 11) is 0. The fraction of sp³-hybridized carbons (Fsp3) is 0.174. The van der Waals surface area contributed by atoms with Gasteiger partial charge in [-0.15, -0.1) is 0 Å². The molecule has 0 unspecified atom stereocenters. The minimum atomic E-state index is -0.226. The van der Waals surface area contributed by atoms with Gasteiger partial charge in [-0.2, -0.15) is 5.10 Å². The lowest BCUT2D eigenvalue weighted by Gasteiger charge is -2.11. The number of H-pyrrole nitrogens is 1. The van der Waals surface area contributed by atoms with Crippen LogP contribution < -0.4 is 5.32 Å². The van der Waals surface area contributed by atoms with Gasteiger partial charge in [0.2, 0.25) is 0 Å². The second-order valence-electron chi connectivity index (χ2n) is 7.23. The lowest BCUT2D eigenvalue weighted by molar-refractivity contribution is 0.102. The molecule has 4 aromatic rings. The highest BCUT2D eigenvalue weighted by Gasteiger charge is 2.17. The zero-order chi connectivity index (χ0) is 19.6. The number of nitrogens with zero attached hydrogens (tertiary/aromatic N) is 3. The Kier molecular flexibility index (Phi) is 4.44. The van der Waals surface area contributed by atoms with Gasteiger partial charge in [0, 0.05) is 30.3 Å². The van der Waals surface area contributed by atoms with E-state index in [9.17, 15) is 4.79 Å². The molecule has 6 nitrogen and oxygen atoms in total. The molecule has 0 aliphatic carbocycles. The van der Waals surface area contributed by atoms with E-state index in [1.54, 1.807) is 6.07 Å². The first-order valence-electron chi connectivity index (χ1n) is 9.85. The van der Waals surface area contributed by atoms with Gasteiger partial charge in [0.05, 0.1) is 17.1 Å². The lowest BCUT2D eigenvalue weighted by Crippen LogP contribution is -2.13. The van der Waals surface area contributed by atoms with Crippen LogP contribution in [0.15, 0.2) is 66.9 Å². The predicted molar refractivity (Wildman–Crippen MR) is 113 cm³/mol. The Labute approximate surface area is 168 Å². The van der Waals surface area contributed by atoms with E-state index in [2.05, 4.69) is 26.3 Å². The number of anilines is 1. The van der Waals surface area contributed by atoms with Crippen molar-refractivity contribution in [1.29, 1.82) is 0 Å². The van der Waals surface area contributed by atoms with Gasteiger partial charge in [-0.25, -0.2) is 4.98 Å². The Morgan fingerprint density at radius 2 is 1.83 bits per heavy atom. The Balaban J connectivity index is 1.41. The van der Waals surface area contributed by atoms with Crippen LogP contribution >= 0.6 is 0 Å². The number of carbonyl (C=O) groups is 1. The number of nitrogens with one attached hydrogen (secondary N) is 2. The van der Waals surface area contributed by atoms with Crippen LogP contribution in [0, 0.1) is 0 Å². The molecule has 2 aromatic heterocycles. The zero-order valence-corrected chi connectivity index (χ0v) is 15.9. The molecule has 1 amide bonds. The fourth-order valence-electron chi connectivity index (χ4n) is 3.74. The number of aromatic amines is 1. The highest BCUT2D eigenvalue weighted by Crippen LogP contribution is 2.29. The highest BCUT2D eigenvalue weighted by molar-refractivity contribution is 6.05. The Morgan fingerprint density at radius 1 is 1.00 bits per heavy atom. The number of para-hydroxylation sites is 1. The first-order chi connectivity index (χ1) is 14.3. The van der Waals surface area contributed by atoms with E-state index >= 15 is 0 Å². The van der Waals surface area contributed by atoms with E-state index in [0.29, 0.717) is 5.69 Å². The number of aryl methyl sites for hydroxylation is 2. The molecule has 0 spiro atoms. The molecule has 0 atom stereocenters. The molecular weight excluding hydrogens is 362 g/mol. The molecule has 1 aliphatic rings. The van der Waals surface area contributed by atoms with Crippen LogP contribution in [-0.2, 0) is 13.0 Å². The van der Waals surface area contributed by atoms with Gasteiger partial charge in [-0.05, 0) is 25.0 Å². The lowest BCUT2D eigenvalue weighted by atomic mass is 10.1. The molecule has 0 saturated carbocycles. The molecule has 6 heteroatoms. The molecule has 0 radical (unpaired) electrons. The summed E-state index contributed by atoms with van der Waals surface area (Å²) < 4.78 is 2.22. The Bertz CT molecular complexity index is 1140. The quantitative estimate of drug-likeness (QED) is 0.544. The SMILES string of the molecule is O=C(Nc1ccccc1-c1cn2c(n1)CCCC2)c1cc(-c2ccccc2)n[nH]1. The number of aromatic nitrogens is 4. The molecule has 3 heterocycles. The van der Waals surface area contributed by atoms with Crippen molar-refractivity contribution < 1.29 is 4.79 Å². The Hall–Kier alpha value is -3.67. The number of imidazole rings is 1. The summed E-state index contributed by atoms with van der Waals surface area (Å²) in [6.07, 6.45) is 5.46. The zero-order valence-electron chi connectivity index (χ0n) is 15.9. The first kappa shape index (κ1) is 17.4.